The van der Waals surface area contributed by atoms with E-state index < -0.39 is 0 Å². The lowest BCUT2D eigenvalue weighted by Crippen LogP contribution is -2.32. The first-order valence-electron chi connectivity index (χ1n) is 6.42. The Hall–Kier alpha value is -0.910. The summed E-state index contributed by atoms with van der Waals surface area (Å²) in [5.74, 6) is 0.395. The lowest BCUT2D eigenvalue weighted by atomic mass is 9.97. The number of imidazole rings is 1. The Morgan fingerprint density at radius 3 is 3.06 bits per heavy atom. The summed E-state index contributed by atoms with van der Waals surface area (Å²) in [5, 5.41) is 0. The van der Waals surface area contributed by atoms with Crippen LogP contribution in [0.2, 0.25) is 0 Å². The van der Waals surface area contributed by atoms with Gasteiger partial charge in [0.25, 0.3) is 0 Å². The SMILES string of the molecule is COC(C)(C)Cn1cncc1C(N)C1CCOC1. The van der Waals surface area contributed by atoms with Gasteiger partial charge in [-0.1, -0.05) is 0 Å². The van der Waals surface area contributed by atoms with Crippen LogP contribution in [0.4, 0.5) is 0 Å². The van der Waals surface area contributed by atoms with Crippen LogP contribution in [-0.2, 0) is 16.0 Å². The molecule has 0 saturated carbocycles. The van der Waals surface area contributed by atoms with Crippen molar-refractivity contribution in [3.63, 3.8) is 0 Å². The Bertz CT molecular complexity index is 383. The first kappa shape index (κ1) is 13.5. The van der Waals surface area contributed by atoms with Gasteiger partial charge in [-0.05, 0) is 20.3 Å². The third-order valence-corrected chi connectivity index (χ3v) is 3.66. The second-order valence-corrected chi connectivity index (χ2v) is 5.56. The summed E-state index contributed by atoms with van der Waals surface area (Å²) >= 11 is 0. The minimum Gasteiger partial charge on any atom is -0.381 e. The molecule has 0 aromatic carbocycles. The molecule has 1 aromatic heterocycles. The van der Waals surface area contributed by atoms with Gasteiger partial charge >= 0.3 is 0 Å². The zero-order chi connectivity index (χ0) is 13.2. The van der Waals surface area contributed by atoms with Crippen LogP contribution >= 0.6 is 0 Å². The van der Waals surface area contributed by atoms with E-state index in [1.54, 1.807) is 7.11 Å². The Labute approximate surface area is 108 Å². The molecule has 5 heteroatoms. The number of aromatic nitrogens is 2. The van der Waals surface area contributed by atoms with Crippen LogP contribution in [0, 0.1) is 5.92 Å². The van der Waals surface area contributed by atoms with E-state index >= 15 is 0 Å². The van der Waals surface area contributed by atoms with Gasteiger partial charge in [-0.3, -0.25) is 0 Å². The van der Waals surface area contributed by atoms with Gasteiger partial charge in [0, 0.05) is 25.8 Å². The van der Waals surface area contributed by atoms with Crippen molar-refractivity contribution in [2.75, 3.05) is 20.3 Å². The van der Waals surface area contributed by atoms with Crippen LogP contribution in [0.3, 0.4) is 0 Å². The van der Waals surface area contributed by atoms with E-state index in [0.29, 0.717) is 5.92 Å². The normalized spacial score (nSPS) is 22.3. The van der Waals surface area contributed by atoms with Gasteiger partial charge in [-0.15, -0.1) is 0 Å². The second-order valence-electron chi connectivity index (χ2n) is 5.56. The van der Waals surface area contributed by atoms with Crippen LogP contribution in [-0.4, -0.2) is 35.5 Å². The number of hydrogen-bond acceptors (Lipinski definition) is 4. The van der Waals surface area contributed by atoms with Gasteiger partial charge in [0.2, 0.25) is 0 Å². The van der Waals surface area contributed by atoms with E-state index in [1.165, 1.54) is 0 Å². The van der Waals surface area contributed by atoms with Crippen molar-refractivity contribution < 1.29 is 9.47 Å². The highest BCUT2D eigenvalue weighted by molar-refractivity contribution is 5.07. The molecular weight excluding hydrogens is 230 g/mol. The highest BCUT2D eigenvalue weighted by atomic mass is 16.5. The molecule has 102 valence electrons. The number of rotatable bonds is 5. The van der Waals surface area contributed by atoms with E-state index in [1.807, 2.05) is 12.5 Å². The molecule has 2 atom stereocenters. The van der Waals surface area contributed by atoms with Crippen LogP contribution in [0.5, 0.6) is 0 Å². The van der Waals surface area contributed by atoms with Gasteiger partial charge < -0.3 is 19.8 Å². The molecule has 18 heavy (non-hydrogen) atoms. The summed E-state index contributed by atoms with van der Waals surface area (Å²) in [6.45, 7) is 6.43. The quantitative estimate of drug-likeness (QED) is 0.860. The van der Waals surface area contributed by atoms with Crippen LogP contribution in [0.25, 0.3) is 0 Å². The summed E-state index contributed by atoms with van der Waals surface area (Å²) < 4.78 is 13.0. The van der Waals surface area contributed by atoms with Gasteiger partial charge in [-0.25, -0.2) is 4.98 Å². The van der Waals surface area contributed by atoms with Crippen LogP contribution in [0.1, 0.15) is 32.0 Å². The predicted molar refractivity (Wildman–Crippen MR) is 69.2 cm³/mol. The maximum atomic E-state index is 6.32. The molecule has 2 unspecified atom stereocenters. The van der Waals surface area contributed by atoms with E-state index in [9.17, 15) is 0 Å². The molecule has 2 N–H and O–H groups in total. The third kappa shape index (κ3) is 2.91. The van der Waals surface area contributed by atoms with E-state index in [2.05, 4.69) is 23.4 Å². The Balaban J connectivity index is 2.11. The summed E-state index contributed by atoms with van der Waals surface area (Å²) in [7, 11) is 1.72. The monoisotopic (exact) mass is 253 g/mol. The third-order valence-electron chi connectivity index (χ3n) is 3.66. The Morgan fingerprint density at radius 1 is 1.67 bits per heavy atom. The highest BCUT2D eigenvalue weighted by Gasteiger charge is 2.27. The number of hydrogen-bond donors (Lipinski definition) is 1. The number of ether oxygens (including phenoxy) is 2. The number of nitrogens with zero attached hydrogens (tertiary/aromatic N) is 2. The molecule has 1 fully saturated rings. The van der Waals surface area contributed by atoms with Crippen LogP contribution < -0.4 is 5.73 Å². The maximum Gasteiger partial charge on any atom is 0.0949 e. The fraction of sp³-hybridized carbons (Fsp3) is 0.769. The molecule has 0 amide bonds. The van der Waals surface area contributed by atoms with E-state index in [0.717, 1.165) is 31.9 Å². The molecule has 1 saturated heterocycles. The fourth-order valence-corrected chi connectivity index (χ4v) is 2.29. The molecule has 1 aliphatic rings. The van der Waals surface area contributed by atoms with Gasteiger partial charge in [0.05, 0.1) is 36.8 Å². The zero-order valence-corrected chi connectivity index (χ0v) is 11.4. The van der Waals surface area contributed by atoms with E-state index in [-0.39, 0.29) is 11.6 Å². The summed E-state index contributed by atoms with van der Waals surface area (Å²) in [6, 6.07) is -0.0114. The van der Waals surface area contributed by atoms with Crippen molar-refractivity contribution in [2.45, 2.75) is 38.5 Å². The molecule has 2 heterocycles. The van der Waals surface area contributed by atoms with Crippen molar-refractivity contribution in [1.82, 2.24) is 9.55 Å². The lowest BCUT2D eigenvalue weighted by molar-refractivity contribution is 0.00720. The van der Waals surface area contributed by atoms with Gasteiger partial charge in [0.1, 0.15) is 0 Å². The van der Waals surface area contributed by atoms with Crippen molar-refractivity contribution >= 4 is 0 Å². The summed E-state index contributed by atoms with van der Waals surface area (Å²) in [4.78, 5) is 4.22. The average molecular weight is 253 g/mol. The number of nitrogens with two attached hydrogens (primary N) is 1. The molecule has 0 radical (unpaired) electrons. The predicted octanol–water partition coefficient (Wildman–Crippen LogP) is 1.34. The van der Waals surface area contributed by atoms with Crippen molar-refractivity contribution in [3.05, 3.63) is 18.2 Å². The molecule has 2 rings (SSSR count). The Kier molecular flexibility index (Phi) is 4.04. The summed E-state index contributed by atoms with van der Waals surface area (Å²) in [6.07, 6.45) is 4.71. The van der Waals surface area contributed by atoms with Crippen LogP contribution in [0.15, 0.2) is 12.5 Å². The zero-order valence-electron chi connectivity index (χ0n) is 11.4. The first-order valence-corrected chi connectivity index (χ1v) is 6.42. The molecule has 5 nitrogen and oxygen atoms in total. The van der Waals surface area contributed by atoms with Crippen molar-refractivity contribution in [2.24, 2.45) is 11.7 Å². The molecule has 1 aromatic rings. The highest BCUT2D eigenvalue weighted by Crippen LogP contribution is 2.27. The van der Waals surface area contributed by atoms with Gasteiger partial charge in [0.15, 0.2) is 0 Å². The first-order chi connectivity index (χ1) is 8.53. The van der Waals surface area contributed by atoms with Gasteiger partial charge in [-0.2, -0.15) is 0 Å². The van der Waals surface area contributed by atoms with E-state index in [4.69, 9.17) is 15.2 Å². The molecule has 1 aliphatic heterocycles. The molecule has 0 spiro atoms. The second kappa shape index (κ2) is 5.38. The largest absolute Gasteiger partial charge is 0.381 e. The molecular formula is C13H23N3O2. The standard InChI is InChI=1S/C13H23N3O2/c1-13(2,17-3)8-16-9-15-6-11(16)12(14)10-4-5-18-7-10/h6,9-10,12H,4-5,7-8,14H2,1-3H3. The molecule has 0 aliphatic carbocycles. The topological polar surface area (TPSA) is 62.3 Å². The lowest BCUT2D eigenvalue weighted by Gasteiger charge is -2.26. The maximum absolute atomic E-state index is 6.32. The Morgan fingerprint density at radius 2 is 2.44 bits per heavy atom. The van der Waals surface area contributed by atoms with Crippen molar-refractivity contribution in [1.29, 1.82) is 0 Å². The minimum atomic E-state index is -0.221. The number of methoxy groups -OCH3 is 1. The smallest absolute Gasteiger partial charge is 0.0949 e. The molecule has 0 bridgehead atoms. The fourth-order valence-electron chi connectivity index (χ4n) is 2.29. The average Bonchev–Trinajstić information content (AvgIpc) is 2.98. The summed E-state index contributed by atoms with van der Waals surface area (Å²) in [5.41, 5.74) is 7.17. The van der Waals surface area contributed by atoms with Crippen molar-refractivity contribution in [3.8, 4) is 0 Å². The minimum absolute atomic E-state index is 0.0114.